The number of carbonyl (C=O) groups excluding carboxylic acids is 1. The van der Waals surface area contributed by atoms with Gasteiger partial charge >= 0.3 is 5.97 Å². The lowest BCUT2D eigenvalue weighted by atomic mass is 9.74. The number of halogens is 1. The van der Waals surface area contributed by atoms with E-state index in [2.05, 4.69) is 0 Å². The van der Waals surface area contributed by atoms with E-state index in [1.54, 1.807) is 7.05 Å². The van der Waals surface area contributed by atoms with Crippen LogP contribution >= 0.6 is 0 Å². The van der Waals surface area contributed by atoms with Gasteiger partial charge < -0.3 is 10.0 Å². The lowest BCUT2D eigenvalue weighted by Gasteiger charge is -2.34. The van der Waals surface area contributed by atoms with Crippen molar-refractivity contribution >= 4 is 17.6 Å². The fourth-order valence-corrected chi connectivity index (χ4v) is 2.09. The van der Waals surface area contributed by atoms with E-state index in [4.69, 9.17) is 5.11 Å². The van der Waals surface area contributed by atoms with E-state index in [0.717, 1.165) is 0 Å². The van der Waals surface area contributed by atoms with Crippen molar-refractivity contribution in [1.29, 1.82) is 0 Å². The average Bonchev–Trinajstić information content (AvgIpc) is 2.26. The first-order valence-electron chi connectivity index (χ1n) is 5.75. The summed E-state index contributed by atoms with van der Waals surface area (Å²) in [6.07, 6.45) is 0.777. The third-order valence-corrected chi connectivity index (χ3v) is 3.38. The lowest BCUT2D eigenvalue weighted by Crippen LogP contribution is -2.42. The smallest absolute Gasteiger partial charge is 0.306 e. The van der Waals surface area contributed by atoms with Gasteiger partial charge in [0.15, 0.2) is 0 Å². The van der Waals surface area contributed by atoms with Crippen LogP contribution in [0.5, 0.6) is 0 Å². The molecule has 1 aliphatic rings. The molecule has 2 rings (SSSR count). The second-order valence-electron chi connectivity index (χ2n) is 4.58. The summed E-state index contributed by atoms with van der Waals surface area (Å²) in [5.41, 5.74) is 0.611. The van der Waals surface area contributed by atoms with Gasteiger partial charge in [0, 0.05) is 18.7 Å². The number of carboxylic acids is 1. The van der Waals surface area contributed by atoms with Crippen molar-refractivity contribution in [3.05, 3.63) is 30.1 Å². The van der Waals surface area contributed by atoms with Crippen molar-refractivity contribution in [3.8, 4) is 0 Å². The van der Waals surface area contributed by atoms with E-state index >= 15 is 0 Å². The van der Waals surface area contributed by atoms with Gasteiger partial charge in [-0.2, -0.15) is 0 Å². The summed E-state index contributed by atoms with van der Waals surface area (Å²) in [7, 11) is 1.61. The van der Waals surface area contributed by atoms with Crippen molar-refractivity contribution in [3.63, 3.8) is 0 Å². The minimum Gasteiger partial charge on any atom is -0.481 e. The summed E-state index contributed by atoms with van der Waals surface area (Å²) in [6, 6.07) is 5.64. The second kappa shape index (κ2) is 4.76. The van der Waals surface area contributed by atoms with Gasteiger partial charge in [-0.15, -0.1) is 0 Å². The van der Waals surface area contributed by atoms with Crippen LogP contribution in [0.3, 0.4) is 0 Å². The third kappa shape index (κ3) is 2.34. The normalized spacial score (nSPS) is 22.1. The number of anilines is 1. The standard InChI is InChI=1S/C13H14FNO3/c1-15(11-4-2-10(14)3-5-11)12(16)8-6-9(7-8)13(17)18/h2-5,8-9H,6-7H2,1H3,(H,17,18). The van der Waals surface area contributed by atoms with Crippen molar-refractivity contribution in [2.75, 3.05) is 11.9 Å². The van der Waals surface area contributed by atoms with Crippen molar-refractivity contribution < 1.29 is 19.1 Å². The number of rotatable bonds is 3. The molecule has 4 nitrogen and oxygen atoms in total. The molecule has 1 saturated carbocycles. The first kappa shape index (κ1) is 12.5. The van der Waals surface area contributed by atoms with Crippen LogP contribution in [-0.2, 0) is 9.59 Å². The summed E-state index contributed by atoms with van der Waals surface area (Å²) in [5, 5.41) is 8.75. The molecule has 0 aromatic heterocycles. The van der Waals surface area contributed by atoms with Gasteiger partial charge in [-0.3, -0.25) is 9.59 Å². The van der Waals surface area contributed by atoms with Gasteiger partial charge in [0.2, 0.25) is 5.91 Å². The number of benzene rings is 1. The molecule has 1 N–H and O–H groups in total. The summed E-state index contributed by atoms with van der Waals surface area (Å²) < 4.78 is 12.8. The van der Waals surface area contributed by atoms with Crippen LogP contribution in [0.25, 0.3) is 0 Å². The zero-order valence-corrected chi connectivity index (χ0v) is 9.97. The Hall–Kier alpha value is -1.91. The van der Waals surface area contributed by atoms with E-state index < -0.39 is 11.9 Å². The van der Waals surface area contributed by atoms with E-state index in [9.17, 15) is 14.0 Å². The molecule has 5 heteroatoms. The molecule has 0 bridgehead atoms. The highest BCUT2D eigenvalue weighted by Crippen LogP contribution is 2.35. The monoisotopic (exact) mass is 251 g/mol. The molecular weight excluding hydrogens is 237 g/mol. The molecule has 1 aromatic rings. The molecule has 1 amide bonds. The van der Waals surface area contributed by atoms with Gasteiger partial charge in [-0.25, -0.2) is 4.39 Å². The Balaban J connectivity index is 1.98. The van der Waals surface area contributed by atoms with Crippen LogP contribution in [0.1, 0.15) is 12.8 Å². The van der Waals surface area contributed by atoms with E-state index in [0.29, 0.717) is 18.5 Å². The van der Waals surface area contributed by atoms with Gasteiger partial charge in [-0.05, 0) is 37.1 Å². The zero-order valence-electron chi connectivity index (χ0n) is 9.97. The topological polar surface area (TPSA) is 57.6 Å². The molecule has 0 radical (unpaired) electrons. The number of nitrogens with zero attached hydrogens (tertiary/aromatic N) is 1. The predicted molar refractivity (Wildman–Crippen MR) is 63.7 cm³/mol. The highest BCUT2D eigenvalue weighted by atomic mass is 19.1. The number of carboxylic acid groups (broad SMARTS) is 1. The molecule has 18 heavy (non-hydrogen) atoms. The number of hydrogen-bond acceptors (Lipinski definition) is 2. The molecule has 0 atom stereocenters. The molecule has 0 unspecified atom stereocenters. The minimum absolute atomic E-state index is 0.112. The maximum Gasteiger partial charge on any atom is 0.306 e. The van der Waals surface area contributed by atoms with E-state index in [1.165, 1.54) is 29.2 Å². The maximum atomic E-state index is 12.8. The molecule has 1 fully saturated rings. The molecular formula is C13H14FNO3. The fourth-order valence-electron chi connectivity index (χ4n) is 2.09. The van der Waals surface area contributed by atoms with Crippen molar-refractivity contribution in [2.45, 2.75) is 12.8 Å². The quantitative estimate of drug-likeness (QED) is 0.892. The number of aliphatic carboxylic acids is 1. The van der Waals surface area contributed by atoms with E-state index in [-0.39, 0.29) is 17.6 Å². The van der Waals surface area contributed by atoms with Crippen LogP contribution in [0.2, 0.25) is 0 Å². The zero-order chi connectivity index (χ0) is 13.3. The van der Waals surface area contributed by atoms with Crippen molar-refractivity contribution in [1.82, 2.24) is 0 Å². The minimum atomic E-state index is -0.844. The second-order valence-corrected chi connectivity index (χ2v) is 4.58. The van der Waals surface area contributed by atoms with Crippen LogP contribution in [-0.4, -0.2) is 24.0 Å². The van der Waals surface area contributed by atoms with Crippen LogP contribution in [0.4, 0.5) is 10.1 Å². The van der Waals surface area contributed by atoms with Crippen LogP contribution < -0.4 is 4.90 Å². The van der Waals surface area contributed by atoms with Gasteiger partial charge in [0.25, 0.3) is 0 Å². The Bertz CT molecular complexity index is 466. The Morgan fingerprint density at radius 1 is 1.22 bits per heavy atom. The Morgan fingerprint density at radius 2 is 1.78 bits per heavy atom. The van der Waals surface area contributed by atoms with Gasteiger partial charge in [-0.1, -0.05) is 0 Å². The van der Waals surface area contributed by atoms with Crippen molar-refractivity contribution in [2.24, 2.45) is 11.8 Å². The molecule has 96 valence electrons. The average molecular weight is 251 g/mol. The summed E-state index contributed by atoms with van der Waals surface area (Å²) in [6.45, 7) is 0. The van der Waals surface area contributed by atoms with Gasteiger partial charge in [0.05, 0.1) is 5.92 Å². The number of carbonyl (C=O) groups is 2. The lowest BCUT2D eigenvalue weighted by molar-refractivity contribution is -0.148. The SMILES string of the molecule is CN(C(=O)C1CC(C(=O)O)C1)c1ccc(F)cc1. The summed E-state index contributed by atoms with van der Waals surface area (Å²) in [5.74, 6) is -1.95. The Morgan fingerprint density at radius 3 is 2.28 bits per heavy atom. The molecule has 0 aliphatic heterocycles. The first-order valence-corrected chi connectivity index (χ1v) is 5.75. The third-order valence-electron chi connectivity index (χ3n) is 3.38. The Labute approximate surface area is 104 Å². The van der Waals surface area contributed by atoms with Crippen LogP contribution in [0, 0.1) is 17.7 Å². The summed E-state index contributed by atoms with van der Waals surface area (Å²) in [4.78, 5) is 24.1. The fraction of sp³-hybridized carbons (Fsp3) is 0.385. The van der Waals surface area contributed by atoms with Gasteiger partial charge in [0.1, 0.15) is 5.82 Å². The molecule has 1 aromatic carbocycles. The van der Waals surface area contributed by atoms with Crippen LogP contribution in [0.15, 0.2) is 24.3 Å². The number of hydrogen-bond donors (Lipinski definition) is 1. The highest BCUT2D eigenvalue weighted by Gasteiger charge is 2.40. The largest absolute Gasteiger partial charge is 0.481 e. The molecule has 1 aliphatic carbocycles. The summed E-state index contributed by atoms with van der Waals surface area (Å²) >= 11 is 0. The first-order chi connectivity index (χ1) is 8.49. The Kier molecular flexibility index (Phi) is 3.32. The predicted octanol–water partition coefficient (Wildman–Crippen LogP) is 1.90. The molecule has 0 saturated heterocycles. The maximum absolute atomic E-state index is 12.8. The van der Waals surface area contributed by atoms with E-state index in [1.807, 2.05) is 0 Å². The molecule has 0 heterocycles. The number of amides is 1. The molecule has 0 spiro atoms. The highest BCUT2D eigenvalue weighted by molar-refractivity contribution is 5.95.